The number of esters is 1. The van der Waals surface area contributed by atoms with Crippen molar-refractivity contribution in [2.75, 3.05) is 11.9 Å². The first kappa shape index (κ1) is 20.5. The van der Waals surface area contributed by atoms with Gasteiger partial charge in [-0.15, -0.1) is 0 Å². The Hall–Kier alpha value is -3.20. The van der Waals surface area contributed by atoms with Gasteiger partial charge in [-0.25, -0.2) is 8.42 Å². The van der Waals surface area contributed by atoms with Gasteiger partial charge in [0.15, 0.2) is 6.10 Å². The van der Waals surface area contributed by atoms with E-state index < -0.39 is 34.5 Å². The number of aryl methyl sites for hydroxylation is 2. The Balaban J connectivity index is 1.61. The van der Waals surface area contributed by atoms with Crippen LogP contribution >= 0.6 is 0 Å². The summed E-state index contributed by atoms with van der Waals surface area (Å²) in [6.07, 6.45) is -1.03. The van der Waals surface area contributed by atoms with Gasteiger partial charge >= 0.3 is 5.97 Å². The van der Waals surface area contributed by atoms with Gasteiger partial charge < -0.3 is 10.1 Å². The molecule has 0 saturated carbocycles. The summed E-state index contributed by atoms with van der Waals surface area (Å²) in [5.74, 6) is -1.14. The number of rotatable bonds is 5. The molecule has 1 aliphatic rings. The van der Waals surface area contributed by atoms with Gasteiger partial charge in [-0.1, -0.05) is 29.8 Å². The second kappa shape index (κ2) is 8.04. The predicted octanol–water partition coefficient (Wildman–Crippen LogP) is 1.91. The number of sulfonamides is 1. The fourth-order valence-corrected chi connectivity index (χ4v) is 4.12. The van der Waals surface area contributed by atoms with E-state index in [4.69, 9.17) is 4.74 Å². The molecule has 1 atom stereocenters. The number of amides is 1. The number of hydrogen-bond acceptors (Lipinski definition) is 6. The minimum absolute atomic E-state index is 0.0740. The van der Waals surface area contributed by atoms with E-state index in [-0.39, 0.29) is 10.7 Å². The zero-order valence-corrected chi connectivity index (χ0v) is 17.0. The molecule has 0 spiro atoms. The molecule has 0 aromatic heterocycles. The number of ether oxygens (including phenoxy) is 1. The second-order valence-electron chi connectivity index (χ2n) is 6.71. The molecule has 1 heterocycles. The molecular weight excluding hydrogens is 394 g/mol. The van der Waals surface area contributed by atoms with E-state index in [1.807, 2.05) is 26.0 Å². The highest BCUT2D eigenvalue weighted by Gasteiger charge is 2.30. The van der Waals surface area contributed by atoms with Gasteiger partial charge in [0.2, 0.25) is 0 Å². The van der Waals surface area contributed by atoms with Crippen LogP contribution in [0.15, 0.2) is 52.4 Å². The molecule has 9 heteroatoms. The number of anilines is 1. The minimum atomic E-state index is -3.68. The molecule has 0 radical (unpaired) electrons. The third-order valence-corrected chi connectivity index (χ3v) is 5.74. The molecule has 0 bridgehead atoms. The average molecular weight is 415 g/mol. The van der Waals surface area contributed by atoms with Crippen LogP contribution in [0, 0.1) is 13.8 Å². The van der Waals surface area contributed by atoms with Crippen LogP contribution in [-0.2, 0) is 24.3 Å². The van der Waals surface area contributed by atoms with E-state index in [0.29, 0.717) is 11.3 Å². The van der Waals surface area contributed by atoms with E-state index >= 15 is 0 Å². The van der Waals surface area contributed by atoms with Gasteiger partial charge in [-0.3, -0.25) is 19.3 Å². The number of nitrogens with zero attached hydrogens (tertiary/aromatic N) is 1. The van der Waals surface area contributed by atoms with E-state index in [1.54, 1.807) is 24.3 Å². The minimum Gasteiger partial charge on any atom is -0.451 e. The number of aliphatic imine (C=N–C) groups is 1. The average Bonchev–Trinajstić information content (AvgIpc) is 2.93. The fraction of sp³-hybridized carbons (Fsp3) is 0.250. The van der Waals surface area contributed by atoms with Crippen molar-refractivity contribution < 1.29 is 22.7 Å². The first-order chi connectivity index (χ1) is 13.7. The Kier molecular flexibility index (Phi) is 5.69. The molecule has 3 rings (SSSR count). The quantitative estimate of drug-likeness (QED) is 0.724. The van der Waals surface area contributed by atoms with Crippen molar-refractivity contribution in [3.63, 3.8) is 0 Å². The molecule has 1 amide bonds. The van der Waals surface area contributed by atoms with E-state index in [2.05, 4.69) is 15.0 Å². The Morgan fingerprint density at radius 3 is 2.62 bits per heavy atom. The largest absolute Gasteiger partial charge is 0.451 e. The highest BCUT2D eigenvalue weighted by Crippen LogP contribution is 2.22. The summed E-state index contributed by atoms with van der Waals surface area (Å²) < 4.78 is 31.5. The van der Waals surface area contributed by atoms with Crippen molar-refractivity contribution in [2.24, 2.45) is 4.99 Å². The second-order valence-corrected chi connectivity index (χ2v) is 8.36. The zero-order chi connectivity index (χ0) is 21.2. The van der Waals surface area contributed by atoms with Gasteiger partial charge in [-0.05, 0) is 44.5 Å². The molecule has 152 valence electrons. The monoisotopic (exact) mass is 415 g/mol. The van der Waals surface area contributed by atoms with Gasteiger partial charge in [0, 0.05) is 11.3 Å². The van der Waals surface area contributed by atoms with Crippen LogP contribution in [0.4, 0.5) is 5.69 Å². The Labute approximate surface area is 169 Å². The lowest BCUT2D eigenvalue weighted by Crippen LogP contribution is -2.31. The van der Waals surface area contributed by atoms with Crippen LogP contribution in [0.2, 0.25) is 0 Å². The summed E-state index contributed by atoms with van der Waals surface area (Å²) in [5, 5.41) is 2.72. The molecular formula is C20H21N3O5S. The van der Waals surface area contributed by atoms with Gasteiger partial charge in [-0.2, -0.15) is 0 Å². The molecule has 8 nitrogen and oxygen atoms in total. The third-order valence-electron chi connectivity index (χ3n) is 4.35. The smallest absolute Gasteiger partial charge is 0.328 e. The Bertz CT molecular complexity index is 1110. The summed E-state index contributed by atoms with van der Waals surface area (Å²) in [7, 11) is -3.68. The topological polar surface area (TPSA) is 114 Å². The number of fused-ring (bicyclic) bond motifs is 1. The summed E-state index contributed by atoms with van der Waals surface area (Å²) >= 11 is 0. The fourth-order valence-electron chi connectivity index (χ4n) is 2.87. The maximum Gasteiger partial charge on any atom is 0.328 e. The molecule has 0 aliphatic carbocycles. The van der Waals surface area contributed by atoms with Crippen LogP contribution in [0.25, 0.3) is 0 Å². The van der Waals surface area contributed by atoms with Crippen LogP contribution in [0.1, 0.15) is 23.6 Å². The molecule has 0 saturated heterocycles. The van der Waals surface area contributed by atoms with E-state index in [0.717, 1.165) is 11.1 Å². The van der Waals surface area contributed by atoms with Crippen LogP contribution in [-0.4, -0.2) is 38.8 Å². The molecule has 2 aromatic rings. The van der Waals surface area contributed by atoms with Crippen molar-refractivity contribution in [3.05, 3.63) is 59.2 Å². The lowest BCUT2D eigenvalue weighted by atomic mass is 10.1. The first-order valence-corrected chi connectivity index (χ1v) is 10.4. The maximum atomic E-state index is 12.3. The van der Waals surface area contributed by atoms with Crippen LogP contribution in [0.5, 0.6) is 0 Å². The number of amidine groups is 1. The van der Waals surface area contributed by atoms with Crippen LogP contribution < -0.4 is 10.0 Å². The number of carbonyl (C=O) groups excluding carboxylic acids is 2. The normalized spacial score (nSPS) is 16.6. The van der Waals surface area contributed by atoms with Crippen molar-refractivity contribution >= 4 is 33.4 Å². The standard InChI is InChI=1S/C20H21N3O5S/c1-12-8-9-16(13(2)10-12)22-20(25)14(3)28-18(24)11-21-19-15-6-4-5-7-17(15)29(26,27)23-19/h4-10,14H,11H2,1-3H3,(H,21,23)(H,22,25). The van der Waals surface area contributed by atoms with Gasteiger partial charge in [0.05, 0.1) is 4.90 Å². The van der Waals surface area contributed by atoms with E-state index in [1.165, 1.54) is 13.0 Å². The summed E-state index contributed by atoms with van der Waals surface area (Å²) in [6, 6.07) is 11.9. The highest BCUT2D eigenvalue weighted by molar-refractivity contribution is 7.90. The Morgan fingerprint density at radius 2 is 1.90 bits per heavy atom. The molecule has 2 aromatic carbocycles. The maximum absolute atomic E-state index is 12.3. The number of hydrogen-bond donors (Lipinski definition) is 2. The first-order valence-electron chi connectivity index (χ1n) is 8.91. The number of benzene rings is 2. The summed E-state index contributed by atoms with van der Waals surface area (Å²) in [5.41, 5.74) is 3.00. The third kappa shape index (κ3) is 4.62. The van der Waals surface area contributed by atoms with Gasteiger partial charge in [0.1, 0.15) is 12.4 Å². The van der Waals surface area contributed by atoms with Crippen molar-refractivity contribution in [2.45, 2.75) is 31.8 Å². The Morgan fingerprint density at radius 1 is 1.17 bits per heavy atom. The van der Waals surface area contributed by atoms with Crippen LogP contribution in [0.3, 0.4) is 0 Å². The molecule has 29 heavy (non-hydrogen) atoms. The summed E-state index contributed by atoms with van der Waals surface area (Å²) in [6.45, 7) is 4.86. The van der Waals surface area contributed by atoms with Crippen molar-refractivity contribution in [1.82, 2.24) is 4.72 Å². The molecule has 1 aliphatic heterocycles. The molecule has 2 N–H and O–H groups in total. The lowest BCUT2D eigenvalue weighted by molar-refractivity contribution is -0.151. The van der Waals surface area contributed by atoms with Gasteiger partial charge in [0.25, 0.3) is 15.9 Å². The van der Waals surface area contributed by atoms with E-state index in [9.17, 15) is 18.0 Å². The molecule has 1 unspecified atom stereocenters. The zero-order valence-electron chi connectivity index (χ0n) is 16.2. The van der Waals surface area contributed by atoms with Crippen molar-refractivity contribution in [1.29, 1.82) is 0 Å². The number of carbonyl (C=O) groups is 2. The van der Waals surface area contributed by atoms with Crippen molar-refractivity contribution in [3.8, 4) is 0 Å². The SMILES string of the molecule is Cc1ccc(NC(=O)C(C)OC(=O)CN=C2NS(=O)(=O)c3ccccc32)c(C)c1. The predicted molar refractivity (Wildman–Crippen MR) is 108 cm³/mol. The highest BCUT2D eigenvalue weighted by atomic mass is 32.2. The lowest BCUT2D eigenvalue weighted by Gasteiger charge is -2.14. The summed E-state index contributed by atoms with van der Waals surface area (Å²) in [4.78, 5) is 28.4. The number of nitrogens with one attached hydrogen (secondary N) is 2. The molecule has 0 fully saturated rings.